The van der Waals surface area contributed by atoms with Crippen LogP contribution in [0, 0.1) is 7.14 Å². The van der Waals surface area contributed by atoms with Gasteiger partial charge in [-0.1, -0.05) is 36.4 Å². The van der Waals surface area contributed by atoms with Gasteiger partial charge < -0.3 is 21.5 Å². The number of carbonyl (C=O) groups is 3. The van der Waals surface area contributed by atoms with E-state index in [4.69, 9.17) is 5.73 Å². The fourth-order valence-electron chi connectivity index (χ4n) is 3.47. The number of nitrogens with two attached hydrogens (primary N) is 1. The third-order valence-corrected chi connectivity index (χ3v) is 7.84. The van der Waals surface area contributed by atoms with Crippen molar-refractivity contribution in [1.29, 1.82) is 0 Å². The normalized spacial score (nSPS) is 12.5. The van der Waals surface area contributed by atoms with Gasteiger partial charge in [-0.25, -0.2) is 0 Å². The molecule has 0 spiro atoms. The Morgan fingerprint density at radius 3 is 2.20 bits per heavy atom. The zero-order valence-corrected chi connectivity index (χ0v) is 23.8. The predicted octanol–water partition coefficient (Wildman–Crippen LogP) is 3.54. The minimum absolute atomic E-state index is 0.174. The van der Waals surface area contributed by atoms with Gasteiger partial charge in [0.2, 0.25) is 17.7 Å². The van der Waals surface area contributed by atoms with E-state index in [0.29, 0.717) is 13.6 Å². The van der Waals surface area contributed by atoms with Crippen molar-refractivity contribution in [3.05, 3.63) is 83.1 Å². The second-order valence-corrected chi connectivity index (χ2v) is 11.3. The summed E-state index contributed by atoms with van der Waals surface area (Å²) in [6, 6.07) is 15.1. The number of nitrogens with one attached hydrogen (secondary N) is 2. The van der Waals surface area contributed by atoms with Crippen molar-refractivity contribution >= 4 is 74.2 Å². The molecule has 1 heterocycles. The summed E-state index contributed by atoms with van der Waals surface area (Å²) in [4.78, 5) is 39.0. The van der Waals surface area contributed by atoms with Crippen molar-refractivity contribution in [3.8, 4) is 5.75 Å². The average Bonchev–Trinajstić information content (AvgIpc) is 3.34. The number of primary amides is 1. The van der Waals surface area contributed by atoms with E-state index < -0.39 is 23.9 Å². The number of aromatic hydroxyl groups is 1. The third kappa shape index (κ3) is 8.46. The van der Waals surface area contributed by atoms with Crippen molar-refractivity contribution in [2.45, 2.75) is 37.8 Å². The Labute approximate surface area is 235 Å². The van der Waals surface area contributed by atoms with Gasteiger partial charge in [0.25, 0.3) is 0 Å². The molecule has 0 saturated heterocycles. The van der Waals surface area contributed by atoms with E-state index in [1.807, 2.05) is 93.0 Å². The minimum atomic E-state index is -0.917. The van der Waals surface area contributed by atoms with E-state index in [9.17, 15) is 19.5 Å². The van der Waals surface area contributed by atoms with E-state index in [1.54, 1.807) is 12.1 Å². The Morgan fingerprint density at radius 1 is 0.914 bits per heavy atom. The maximum absolute atomic E-state index is 13.3. The second kappa shape index (κ2) is 13.2. The zero-order chi connectivity index (χ0) is 25.4. The number of benzene rings is 2. The molecular weight excluding hydrogens is 692 g/mol. The van der Waals surface area contributed by atoms with E-state index in [2.05, 4.69) is 10.6 Å². The summed E-state index contributed by atoms with van der Waals surface area (Å²) in [5.41, 5.74) is 7.35. The Hall–Kier alpha value is -2.19. The average molecular weight is 717 g/mol. The first-order valence-corrected chi connectivity index (χ1v) is 13.9. The van der Waals surface area contributed by atoms with Crippen LogP contribution in [0.15, 0.2) is 60.0 Å². The largest absolute Gasteiger partial charge is 0.506 e. The van der Waals surface area contributed by atoms with Gasteiger partial charge in [0.15, 0.2) is 0 Å². The highest BCUT2D eigenvalue weighted by Gasteiger charge is 2.27. The molecule has 2 aromatic carbocycles. The monoisotopic (exact) mass is 717 g/mol. The summed E-state index contributed by atoms with van der Waals surface area (Å²) in [5, 5.41) is 17.5. The summed E-state index contributed by atoms with van der Waals surface area (Å²) in [6.45, 7) is 0. The molecule has 0 unspecified atom stereocenters. The lowest BCUT2D eigenvalue weighted by molar-refractivity contribution is -0.131. The molecule has 0 aliphatic carbocycles. The minimum Gasteiger partial charge on any atom is -0.506 e. The number of hydrogen-bond donors (Lipinski definition) is 4. The number of hydrogen-bond acceptors (Lipinski definition) is 5. The van der Waals surface area contributed by atoms with Gasteiger partial charge >= 0.3 is 0 Å². The first-order chi connectivity index (χ1) is 16.7. The van der Waals surface area contributed by atoms with Crippen LogP contribution in [0.3, 0.4) is 0 Å². The molecule has 0 radical (unpaired) electrons. The van der Waals surface area contributed by atoms with Crippen LogP contribution >= 0.6 is 56.5 Å². The predicted molar refractivity (Wildman–Crippen MR) is 153 cm³/mol. The number of halogens is 2. The summed E-state index contributed by atoms with van der Waals surface area (Å²) < 4.78 is 1.29. The highest BCUT2D eigenvalue weighted by molar-refractivity contribution is 14.1. The maximum Gasteiger partial charge on any atom is 0.243 e. The summed E-state index contributed by atoms with van der Waals surface area (Å²) in [5.74, 6) is -1.23. The van der Waals surface area contributed by atoms with Crippen LogP contribution in [-0.4, -0.2) is 34.9 Å². The topological polar surface area (TPSA) is 122 Å². The van der Waals surface area contributed by atoms with Crippen LogP contribution in [0.4, 0.5) is 0 Å². The number of thiophene rings is 1. The molecular formula is C25H25I2N3O4S. The number of phenols is 1. The highest BCUT2D eigenvalue weighted by Crippen LogP contribution is 2.28. The smallest absolute Gasteiger partial charge is 0.243 e. The van der Waals surface area contributed by atoms with Gasteiger partial charge in [-0.3, -0.25) is 14.4 Å². The summed E-state index contributed by atoms with van der Waals surface area (Å²) in [7, 11) is 0. The number of aryl methyl sites for hydroxylation is 1. The van der Waals surface area contributed by atoms with E-state index in [0.717, 1.165) is 16.0 Å². The molecule has 0 aliphatic heterocycles. The summed E-state index contributed by atoms with van der Waals surface area (Å²) >= 11 is 5.52. The molecule has 0 fully saturated rings. The standard InChI is InChI=1S/C25H25I2N3O4S/c26-18-11-16(12-19(27)23(18)32)13-21(29-22(31)9-8-15-5-2-1-3-6-15)25(34)30-20(24(28)33)14-17-7-4-10-35-17/h1-7,10-12,20-21,32H,8-9,13-14H2,(H2,28,33)(H,29,31)(H,30,34)/t20-,21-/m0/s1. The molecule has 3 amide bonds. The first-order valence-electron chi connectivity index (χ1n) is 10.8. The van der Waals surface area contributed by atoms with Crippen LogP contribution in [0.2, 0.25) is 0 Å². The lowest BCUT2D eigenvalue weighted by Gasteiger charge is -2.22. The van der Waals surface area contributed by atoms with Crippen LogP contribution in [0.5, 0.6) is 5.75 Å². The molecule has 10 heteroatoms. The van der Waals surface area contributed by atoms with Gasteiger partial charge in [-0.05, 0) is 86.3 Å². The van der Waals surface area contributed by atoms with Crippen LogP contribution in [0.25, 0.3) is 0 Å². The van der Waals surface area contributed by atoms with Crippen molar-refractivity contribution in [3.63, 3.8) is 0 Å². The molecule has 35 heavy (non-hydrogen) atoms. The molecule has 0 aliphatic rings. The number of rotatable bonds is 11. The van der Waals surface area contributed by atoms with Gasteiger partial charge in [0.05, 0.1) is 7.14 Å². The van der Waals surface area contributed by atoms with Crippen molar-refractivity contribution in [1.82, 2.24) is 10.6 Å². The fraction of sp³-hybridized carbons (Fsp3) is 0.240. The van der Waals surface area contributed by atoms with Gasteiger partial charge in [-0.15, -0.1) is 11.3 Å². The van der Waals surface area contributed by atoms with Crippen LogP contribution < -0.4 is 16.4 Å². The molecule has 1 aromatic heterocycles. The van der Waals surface area contributed by atoms with Crippen molar-refractivity contribution in [2.75, 3.05) is 0 Å². The second-order valence-electron chi connectivity index (χ2n) is 7.96. The number of phenolic OH excluding ortho intramolecular Hbond substituents is 1. The van der Waals surface area contributed by atoms with Crippen molar-refractivity contribution < 1.29 is 19.5 Å². The quantitative estimate of drug-likeness (QED) is 0.227. The molecule has 0 saturated carbocycles. The van der Waals surface area contributed by atoms with Crippen molar-refractivity contribution in [2.24, 2.45) is 5.73 Å². The zero-order valence-electron chi connectivity index (χ0n) is 18.7. The molecule has 5 N–H and O–H groups in total. The van der Waals surface area contributed by atoms with Crippen LogP contribution in [-0.2, 0) is 33.6 Å². The molecule has 3 aromatic rings. The highest BCUT2D eigenvalue weighted by atomic mass is 127. The Bertz CT molecular complexity index is 1150. The van der Waals surface area contributed by atoms with E-state index in [-0.39, 0.29) is 30.9 Å². The summed E-state index contributed by atoms with van der Waals surface area (Å²) in [6.07, 6.45) is 1.23. The van der Waals surface area contributed by atoms with Gasteiger partial charge in [0.1, 0.15) is 17.8 Å². The fourth-order valence-corrected chi connectivity index (χ4v) is 6.12. The van der Waals surface area contributed by atoms with E-state index in [1.165, 1.54) is 11.3 Å². The Kier molecular flexibility index (Phi) is 10.3. The molecule has 184 valence electrons. The molecule has 3 rings (SSSR count). The molecule has 0 bridgehead atoms. The van der Waals surface area contributed by atoms with Crippen LogP contribution in [0.1, 0.15) is 22.4 Å². The lowest BCUT2D eigenvalue weighted by Crippen LogP contribution is -2.54. The molecule has 2 atom stereocenters. The maximum atomic E-state index is 13.3. The van der Waals surface area contributed by atoms with E-state index >= 15 is 0 Å². The van der Waals surface area contributed by atoms with Gasteiger partial charge in [-0.2, -0.15) is 0 Å². The number of amides is 3. The van der Waals surface area contributed by atoms with Gasteiger partial charge in [0, 0.05) is 24.1 Å². The SMILES string of the molecule is NC(=O)[C@H](Cc1cccs1)NC(=O)[C@H](Cc1cc(I)c(O)c(I)c1)NC(=O)CCc1ccccc1. The Morgan fingerprint density at radius 2 is 1.60 bits per heavy atom. The molecule has 7 nitrogen and oxygen atoms in total. The first kappa shape index (κ1) is 27.4. The number of carbonyl (C=O) groups excluding carboxylic acids is 3. The Balaban J connectivity index is 1.75. The lowest BCUT2D eigenvalue weighted by atomic mass is 10.0. The third-order valence-electron chi connectivity index (χ3n) is 5.30.